The summed E-state index contributed by atoms with van der Waals surface area (Å²) in [5, 5.41) is 7.72. The number of amides is 1. The Bertz CT molecular complexity index is 543. The molecule has 0 unspecified atom stereocenters. The van der Waals surface area contributed by atoms with Crippen LogP contribution in [0.25, 0.3) is 0 Å². The molecule has 0 aromatic carbocycles. The first kappa shape index (κ1) is 15.1. The zero-order chi connectivity index (χ0) is 15.6. The maximum absolute atomic E-state index is 12.6. The smallest absolute Gasteiger partial charge is 0.244 e. The summed E-state index contributed by atoms with van der Waals surface area (Å²) in [6.07, 6.45) is 7.52. The summed E-state index contributed by atoms with van der Waals surface area (Å²) in [7, 11) is 0. The van der Waals surface area contributed by atoms with Crippen molar-refractivity contribution in [2.45, 2.75) is 50.7 Å². The van der Waals surface area contributed by atoms with Crippen molar-refractivity contribution in [3.63, 3.8) is 0 Å². The molecule has 3 aliphatic rings. The molecule has 23 heavy (non-hydrogen) atoms. The molecular weight excluding hydrogens is 290 g/mol. The molecule has 0 atom stereocenters. The van der Waals surface area contributed by atoms with Crippen molar-refractivity contribution in [3.8, 4) is 0 Å². The van der Waals surface area contributed by atoms with E-state index in [1.54, 1.807) is 6.20 Å². The molecule has 0 bridgehead atoms. The number of carbonyl (C=O) groups is 1. The van der Waals surface area contributed by atoms with Crippen LogP contribution in [-0.4, -0.2) is 70.3 Å². The molecule has 6 nitrogen and oxygen atoms in total. The minimum absolute atomic E-state index is 0.243. The van der Waals surface area contributed by atoms with Crippen LogP contribution in [0.2, 0.25) is 0 Å². The van der Waals surface area contributed by atoms with Crippen LogP contribution in [0.5, 0.6) is 0 Å². The van der Waals surface area contributed by atoms with Gasteiger partial charge in [0.2, 0.25) is 5.91 Å². The van der Waals surface area contributed by atoms with Gasteiger partial charge in [-0.3, -0.25) is 9.48 Å². The maximum Gasteiger partial charge on any atom is 0.244 e. The number of carbonyl (C=O) groups excluding carboxylic acids is 1. The van der Waals surface area contributed by atoms with Crippen molar-refractivity contribution < 1.29 is 4.79 Å². The molecule has 1 aromatic heterocycles. The Hall–Kier alpha value is -1.40. The average Bonchev–Trinajstić information content (AvgIpc) is 2.97. The molecule has 3 aliphatic heterocycles. The van der Waals surface area contributed by atoms with Crippen LogP contribution < -0.4 is 5.32 Å². The molecule has 126 valence electrons. The van der Waals surface area contributed by atoms with Crippen LogP contribution in [-0.2, 0) is 17.8 Å². The highest BCUT2D eigenvalue weighted by atomic mass is 16.2. The second-order valence-corrected chi connectivity index (χ2v) is 7.07. The lowest BCUT2D eigenvalue weighted by Gasteiger charge is -2.42. The van der Waals surface area contributed by atoms with Gasteiger partial charge in [0, 0.05) is 50.0 Å². The van der Waals surface area contributed by atoms with E-state index in [0.717, 1.165) is 58.0 Å². The first-order chi connectivity index (χ1) is 11.3. The molecule has 2 saturated heterocycles. The number of nitrogens with one attached hydrogen (secondary N) is 1. The molecule has 4 rings (SSSR count). The van der Waals surface area contributed by atoms with Crippen LogP contribution in [0, 0.1) is 0 Å². The predicted octanol–water partition coefficient (Wildman–Crippen LogP) is 0.484. The second-order valence-electron chi connectivity index (χ2n) is 7.07. The lowest BCUT2D eigenvalue weighted by molar-refractivity contribution is -0.135. The molecule has 6 heteroatoms. The monoisotopic (exact) mass is 317 g/mol. The SMILES string of the molecule is O=C1Cn2nccc2CCN1C1CCN(C2CCNCC2)CC1. The molecule has 1 aromatic rings. The quantitative estimate of drug-likeness (QED) is 0.862. The summed E-state index contributed by atoms with van der Waals surface area (Å²) in [6.45, 7) is 5.86. The molecule has 2 fully saturated rings. The summed E-state index contributed by atoms with van der Waals surface area (Å²) in [5.41, 5.74) is 1.19. The van der Waals surface area contributed by atoms with E-state index in [-0.39, 0.29) is 5.91 Å². The van der Waals surface area contributed by atoms with Crippen LogP contribution in [0.4, 0.5) is 0 Å². The van der Waals surface area contributed by atoms with Crippen LogP contribution >= 0.6 is 0 Å². The zero-order valence-corrected chi connectivity index (χ0v) is 13.8. The Labute approximate surface area is 137 Å². The van der Waals surface area contributed by atoms with Gasteiger partial charge in [-0.2, -0.15) is 5.10 Å². The highest BCUT2D eigenvalue weighted by molar-refractivity contribution is 5.76. The lowest BCUT2D eigenvalue weighted by Crippen LogP contribution is -2.52. The summed E-state index contributed by atoms with van der Waals surface area (Å²) in [4.78, 5) is 17.4. The van der Waals surface area contributed by atoms with E-state index in [2.05, 4.69) is 20.2 Å². The number of piperidine rings is 2. The van der Waals surface area contributed by atoms with Gasteiger partial charge in [-0.25, -0.2) is 0 Å². The van der Waals surface area contributed by atoms with Crippen molar-refractivity contribution in [3.05, 3.63) is 18.0 Å². The summed E-state index contributed by atoms with van der Waals surface area (Å²) < 4.78 is 1.87. The molecule has 0 radical (unpaired) electrons. The Morgan fingerprint density at radius 1 is 1.04 bits per heavy atom. The standard InChI is InChI=1S/C17H27N5O/c23-17-13-22-16(3-9-19-22)6-12-21(17)15-4-10-20(11-5-15)14-1-7-18-8-2-14/h3,9,14-15,18H,1-2,4-8,10-13H2. The predicted molar refractivity (Wildman–Crippen MR) is 88.1 cm³/mol. The zero-order valence-electron chi connectivity index (χ0n) is 13.8. The highest BCUT2D eigenvalue weighted by Gasteiger charge is 2.32. The third-order valence-electron chi connectivity index (χ3n) is 5.78. The maximum atomic E-state index is 12.6. The Kier molecular flexibility index (Phi) is 4.35. The normalized spacial score (nSPS) is 25.4. The fourth-order valence-corrected chi connectivity index (χ4v) is 4.41. The molecule has 4 heterocycles. The number of nitrogens with zero attached hydrogens (tertiary/aromatic N) is 4. The van der Waals surface area contributed by atoms with E-state index in [1.165, 1.54) is 18.5 Å². The van der Waals surface area contributed by atoms with Gasteiger partial charge >= 0.3 is 0 Å². The van der Waals surface area contributed by atoms with Gasteiger partial charge in [-0.05, 0) is 44.8 Å². The number of fused-ring (bicyclic) bond motifs is 1. The third kappa shape index (κ3) is 3.15. The fraction of sp³-hybridized carbons (Fsp3) is 0.765. The topological polar surface area (TPSA) is 53.4 Å². The van der Waals surface area contributed by atoms with E-state index in [1.807, 2.05) is 10.7 Å². The third-order valence-corrected chi connectivity index (χ3v) is 5.78. The fourth-order valence-electron chi connectivity index (χ4n) is 4.41. The molecule has 1 N–H and O–H groups in total. The van der Waals surface area contributed by atoms with Gasteiger partial charge in [0.1, 0.15) is 6.54 Å². The van der Waals surface area contributed by atoms with E-state index in [4.69, 9.17) is 0 Å². The second kappa shape index (κ2) is 6.61. The molecular formula is C17H27N5O. The molecule has 1 amide bonds. The number of likely N-dealkylation sites (tertiary alicyclic amines) is 1. The summed E-state index contributed by atoms with van der Waals surface area (Å²) >= 11 is 0. The largest absolute Gasteiger partial charge is 0.338 e. The molecule has 0 saturated carbocycles. The molecule has 0 aliphatic carbocycles. The van der Waals surface area contributed by atoms with Gasteiger partial charge < -0.3 is 15.1 Å². The minimum atomic E-state index is 0.243. The summed E-state index contributed by atoms with van der Waals surface area (Å²) in [6, 6.07) is 3.21. The van der Waals surface area contributed by atoms with Crippen LogP contribution in [0.1, 0.15) is 31.4 Å². The highest BCUT2D eigenvalue weighted by Crippen LogP contribution is 2.23. The van der Waals surface area contributed by atoms with Gasteiger partial charge in [-0.15, -0.1) is 0 Å². The molecule has 0 spiro atoms. The van der Waals surface area contributed by atoms with Gasteiger partial charge in [0.15, 0.2) is 0 Å². The van der Waals surface area contributed by atoms with Gasteiger partial charge in [0.05, 0.1) is 0 Å². The van der Waals surface area contributed by atoms with Crippen molar-refractivity contribution in [1.82, 2.24) is 24.9 Å². The van der Waals surface area contributed by atoms with Crippen molar-refractivity contribution in [2.24, 2.45) is 0 Å². The van der Waals surface area contributed by atoms with Crippen LogP contribution in [0.3, 0.4) is 0 Å². The minimum Gasteiger partial charge on any atom is -0.338 e. The lowest BCUT2D eigenvalue weighted by atomic mass is 9.97. The van der Waals surface area contributed by atoms with E-state index in [9.17, 15) is 4.79 Å². The van der Waals surface area contributed by atoms with E-state index < -0.39 is 0 Å². The number of hydrogen-bond acceptors (Lipinski definition) is 4. The van der Waals surface area contributed by atoms with Gasteiger partial charge in [0.25, 0.3) is 0 Å². The van der Waals surface area contributed by atoms with Crippen molar-refractivity contribution in [1.29, 1.82) is 0 Å². The van der Waals surface area contributed by atoms with E-state index >= 15 is 0 Å². The first-order valence-electron chi connectivity index (χ1n) is 9.06. The average molecular weight is 317 g/mol. The number of rotatable bonds is 2. The van der Waals surface area contributed by atoms with Crippen LogP contribution in [0.15, 0.2) is 12.3 Å². The first-order valence-corrected chi connectivity index (χ1v) is 9.06. The Morgan fingerprint density at radius 2 is 1.83 bits per heavy atom. The van der Waals surface area contributed by atoms with Gasteiger partial charge in [-0.1, -0.05) is 0 Å². The van der Waals surface area contributed by atoms with Crippen molar-refractivity contribution in [2.75, 3.05) is 32.7 Å². The Balaban J connectivity index is 1.35. The summed E-state index contributed by atoms with van der Waals surface area (Å²) in [5.74, 6) is 0.243. The number of aromatic nitrogens is 2. The van der Waals surface area contributed by atoms with Crippen molar-refractivity contribution >= 4 is 5.91 Å². The van der Waals surface area contributed by atoms with E-state index in [0.29, 0.717) is 12.6 Å². The number of hydrogen-bond donors (Lipinski definition) is 1. The Morgan fingerprint density at radius 3 is 2.61 bits per heavy atom.